The van der Waals surface area contributed by atoms with E-state index in [4.69, 9.17) is 32.7 Å². The van der Waals surface area contributed by atoms with E-state index in [1.54, 1.807) is 37.4 Å². The Morgan fingerprint density at radius 1 is 0.650 bits per heavy atom. The number of nitrogens with one attached hydrogen (secondary N) is 5. The number of fused-ring (bicyclic) bond motifs is 5. The van der Waals surface area contributed by atoms with Crippen molar-refractivity contribution in [3.63, 3.8) is 0 Å². The molecule has 14 nitrogen and oxygen atoms in total. The van der Waals surface area contributed by atoms with Crippen molar-refractivity contribution in [2.24, 2.45) is 0 Å². The Kier molecular flexibility index (Phi) is 19.4. The fraction of sp³-hybridized carbons (Fsp3) is 0.359. The first-order valence-corrected chi connectivity index (χ1v) is 28.5. The molecule has 5 N–H and O–H groups in total. The van der Waals surface area contributed by atoms with Gasteiger partial charge in [0.2, 0.25) is 23.6 Å². The molecule has 10 rings (SSSR count). The number of carbonyl (C=O) groups excluding carboxylic acids is 5. The molecule has 0 bridgehead atoms. The first-order chi connectivity index (χ1) is 38.8. The van der Waals surface area contributed by atoms with Gasteiger partial charge in [0.25, 0.3) is 0 Å². The summed E-state index contributed by atoms with van der Waals surface area (Å²) in [6, 6.07) is 40.3. The summed E-state index contributed by atoms with van der Waals surface area (Å²) >= 11 is 12.3. The van der Waals surface area contributed by atoms with E-state index in [2.05, 4.69) is 67.9 Å². The van der Waals surface area contributed by atoms with Crippen LogP contribution in [0.3, 0.4) is 0 Å². The summed E-state index contributed by atoms with van der Waals surface area (Å²) in [6.45, 7) is 9.34. The Morgan fingerprint density at radius 2 is 1.18 bits per heavy atom. The van der Waals surface area contributed by atoms with Crippen LogP contribution in [0.2, 0.25) is 10.0 Å². The van der Waals surface area contributed by atoms with E-state index in [0.29, 0.717) is 66.2 Å². The molecule has 1 aliphatic carbocycles. The summed E-state index contributed by atoms with van der Waals surface area (Å²) in [4.78, 5) is 71.3. The smallest absolute Gasteiger partial charge is 0.410 e. The molecule has 1 saturated heterocycles. The van der Waals surface area contributed by atoms with E-state index in [1.165, 1.54) is 16.0 Å². The minimum absolute atomic E-state index is 0.0974. The highest BCUT2D eigenvalue weighted by atomic mass is 35.5. The lowest BCUT2D eigenvalue weighted by Crippen LogP contribution is -2.56. The summed E-state index contributed by atoms with van der Waals surface area (Å²) in [5.74, 6) is -1.18. The third-order valence-corrected chi connectivity index (χ3v) is 16.7. The van der Waals surface area contributed by atoms with Crippen molar-refractivity contribution in [1.29, 1.82) is 0 Å². The summed E-state index contributed by atoms with van der Waals surface area (Å²) in [5.41, 5.74) is 11.9. The number of methoxy groups -OCH3 is 1. The molecule has 0 radical (unpaired) electrons. The van der Waals surface area contributed by atoms with Crippen molar-refractivity contribution >= 4 is 64.3 Å². The highest BCUT2D eigenvalue weighted by Crippen LogP contribution is 2.44. The monoisotopic (exact) mass is 1120 g/mol. The van der Waals surface area contributed by atoms with Crippen LogP contribution in [0.5, 0.6) is 0 Å². The molecule has 3 heterocycles. The van der Waals surface area contributed by atoms with E-state index in [-0.39, 0.29) is 48.7 Å². The third-order valence-electron chi connectivity index (χ3n) is 15.8. The molecule has 3 aliphatic heterocycles. The van der Waals surface area contributed by atoms with Crippen LogP contribution in [0, 0.1) is 13.8 Å². The van der Waals surface area contributed by atoms with E-state index in [9.17, 15) is 24.0 Å². The molecule has 4 aliphatic rings. The van der Waals surface area contributed by atoms with Crippen molar-refractivity contribution < 1.29 is 33.4 Å². The number of piperidine rings is 1. The summed E-state index contributed by atoms with van der Waals surface area (Å²) < 4.78 is 11.5. The van der Waals surface area contributed by atoms with Crippen LogP contribution < -0.4 is 26.6 Å². The molecule has 0 spiro atoms. The molecule has 5 amide bonds. The predicted octanol–water partition coefficient (Wildman–Crippen LogP) is 10.5. The lowest BCUT2D eigenvalue weighted by Gasteiger charge is -2.36. The van der Waals surface area contributed by atoms with Crippen LogP contribution in [-0.2, 0) is 54.6 Å². The van der Waals surface area contributed by atoms with Gasteiger partial charge < -0.3 is 41.0 Å². The number of hydrogen-bond donors (Lipinski definition) is 5. The maximum Gasteiger partial charge on any atom is 0.410 e. The molecular weight excluding hydrogens is 1050 g/mol. The standard InChI is InChI=1S/C37H36ClN3O4.C27H35ClN4O3/c1-3-10-33(35(42)39-26-17-18-32(38)23(2)19-26)40-36(43)34-20-24-11-4-5-12-25(24)21-41(34)37(44)45-22-31-29-15-8-6-13-27(29)28-14-7-9-16-30(28)31;1-18-15-21(7-8-23(18)28)30-26(33)24(11-14-32-12-9-22(35-2)10-13-32)31-27(34)25-16-19-5-3-4-6-20(19)17-29-25/h4-9,11-19,31,33-34H,3,10,20-22H2,1-2H3,(H,39,42)(H,40,43);3-8,15,22,24-25,29H,9-14,16-17H2,1-2H3,(H,30,33)(H,31,34)/t33-,34-;24-,25-/m00/s1. The molecule has 6 aromatic rings. The number of amides is 5. The Morgan fingerprint density at radius 3 is 1.75 bits per heavy atom. The van der Waals surface area contributed by atoms with Crippen LogP contribution in [0.15, 0.2) is 133 Å². The van der Waals surface area contributed by atoms with Crippen LogP contribution >= 0.6 is 23.2 Å². The van der Waals surface area contributed by atoms with Gasteiger partial charge >= 0.3 is 6.09 Å². The lowest BCUT2D eigenvalue weighted by molar-refractivity contribution is -0.130. The molecule has 0 unspecified atom stereocenters. The van der Waals surface area contributed by atoms with Crippen molar-refractivity contribution in [1.82, 2.24) is 25.8 Å². The van der Waals surface area contributed by atoms with E-state index < -0.39 is 24.2 Å². The Balaban J connectivity index is 0.000000200. The van der Waals surface area contributed by atoms with Gasteiger partial charge in [0.05, 0.1) is 18.7 Å². The Labute approximate surface area is 479 Å². The molecule has 418 valence electrons. The molecule has 4 atom stereocenters. The molecule has 16 heteroatoms. The van der Waals surface area contributed by atoms with Crippen LogP contribution in [0.4, 0.5) is 16.2 Å². The summed E-state index contributed by atoms with van der Waals surface area (Å²) in [5, 5.41) is 16.4. The number of ether oxygens (including phenoxy) is 2. The number of carbonyl (C=O) groups is 5. The fourth-order valence-electron chi connectivity index (χ4n) is 11.2. The maximum atomic E-state index is 13.9. The van der Waals surface area contributed by atoms with Gasteiger partial charge in [0.15, 0.2) is 0 Å². The van der Waals surface area contributed by atoms with Crippen molar-refractivity contribution in [3.05, 3.63) is 188 Å². The zero-order valence-electron chi connectivity index (χ0n) is 45.9. The van der Waals surface area contributed by atoms with E-state index in [0.717, 1.165) is 77.0 Å². The van der Waals surface area contributed by atoms with Crippen molar-refractivity contribution in [2.45, 2.75) is 115 Å². The van der Waals surface area contributed by atoms with Gasteiger partial charge in [-0.05, 0) is 138 Å². The average Bonchev–Trinajstić information content (AvgIpc) is 3.82. The largest absolute Gasteiger partial charge is 0.448 e. The van der Waals surface area contributed by atoms with Crippen LogP contribution in [0.1, 0.15) is 89.5 Å². The third kappa shape index (κ3) is 14.1. The van der Waals surface area contributed by atoms with Crippen molar-refractivity contribution in [3.8, 4) is 11.1 Å². The van der Waals surface area contributed by atoms with Gasteiger partial charge in [-0.3, -0.25) is 24.1 Å². The molecule has 0 saturated carbocycles. The highest BCUT2D eigenvalue weighted by molar-refractivity contribution is 6.31. The lowest BCUT2D eigenvalue weighted by atomic mass is 9.93. The zero-order chi connectivity index (χ0) is 56.3. The number of nitrogens with zero attached hydrogens (tertiary/aromatic N) is 2. The summed E-state index contributed by atoms with van der Waals surface area (Å²) in [7, 11) is 1.76. The molecule has 6 aromatic carbocycles. The number of halogens is 2. The Bertz CT molecular complexity index is 3160. The van der Waals surface area contributed by atoms with Gasteiger partial charge in [0.1, 0.15) is 24.7 Å². The average molecular weight is 1120 g/mol. The quantitative estimate of drug-likeness (QED) is 0.0633. The van der Waals surface area contributed by atoms with Gasteiger partial charge in [0, 0.05) is 67.0 Å². The van der Waals surface area contributed by atoms with Gasteiger partial charge in [-0.1, -0.05) is 134 Å². The number of rotatable bonds is 16. The zero-order valence-corrected chi connectivity index (χ0v) is 47.4. The maximum absolute atomic E-state index is 13.9. The number of aryl methyl sites for hydroxylation is 2. The predicted molar refractivity (Wildman–Crippen MR) is 315 cm³/mol. The number of likely N-dealkylation sites (tertiary alicyclic amines) is 1. The second-order valence-corrected chi connectivity index (χ2v) is 22.0. The minimum atomic E-state index is -0.833. The Hall–Kier alpha value is -7.07. The first kappa shape index (κ1) is 57.6. The number of hydrogen-bond acceptors (Lipinski definition) is 9. The first-order valence-electron chi connectivity index (χ1n) is 27.7. The van der Waals surface area contributed by atoms with Gasteiger partial charge in [-0.25, -0.2) is 4.79 Å². The fourth-order valence-corrected chi connectivity index (χ4v) is 11.5. The van der Waals surface area contributed by atoms with E-state index >= 15 is 0 Å². The van der Waals surface area contributed by atoms with Crippen molar-refractivity contribution in [2.75, 3.05) is 44.0 Å². The molecule has 0 aromatic heterocycles. The van der Waals surface area contributed by atoms with Gasteiger partial charge in [-0.15, -0.1) is 0 Å². The van der Waals surface area contributed by atoms with Crippen LogP contribution in [-0.4, -0.2) is 103 Å². The SMILES string of the molecule is CCC[C@H](NC(=O)[C@@H]1Cc2ccccc2CN1C(=O)OCC1c2ccccc2-c2ccccc21)C(=O)Nc1ccc(Cl)c(C)c1.COC1CCN(CC[C@H](NC(=O)[C@@H]2Cc3ccccc3CN2)C(=O)Nc2ccc(Cl)c(C)c2)CC1. The number of anilines is 2. The van der Waals surface area contributed by atoms with E-state index in [1.807, 2.05) is 87.5 Å². The minimum Gasteiger partial charge on any atom is -0.448 e. The normalized spacial score (nSPS) is 17.4. The molecule has 80 heavy (non-hydrogen) atoms. The highest BCUT2D eigenvalue weighted by Gasteiger charge is 2.39. The topological polar surface area (TPSA) is 170 Å². The molecular formula is C64H71Cl2N7O7. The second kappa shape index (κ2) is 26.9. The van der Waals surface area contributed by atoms with Gasteiger partial charge in [-0.2, -0.15) is 0 Å². The number of benzene rings is 6. The second-order valence-electron chi connectivity index (χ2n) is 21.2. The molecule has 1 fully saturated rings. The van der Waals surface area contributed by atoms with Crippen LogP contribution in [0.25, 0.3) is 11.1 Å². The summed E-state index contributed by atoms with van der Waals surface area (Å²) in [6.07, 6.45) is 4.30.